The summed E-state index contributed by atoms with van der Waals surface area (Å²) in [5, 5.41) is 3.95. The summed E-state index contributed by atoms with van der Waals surface area (Å²) in [6.45, 7) is 3.80. The van der Waals surface area contributed by atoms with Gasteiger partial charge in [-0.15, -0.1) is 0 Å². The van der Waals surface area contributed by atoms with E-state index < -0.39 is 10.0 Å². The molecule has 0 bridgehead atoms. The molecule has 0 unspecified atom stereocenters. The second kappa shape index (κ2) is 10.8. The maximum atomic E-state index is 14.0. The molecule has 0 N–H and O–H groups in total. The van der Waals surface area contributed by atoms with Gasteiger partial charge in [-0.05, 0) is 49.7 Å². The molecule has 5 rings (SSSR count). The Morgan fingerprint density at radius 3 is 2.32 bits per heavy atom. The topological polar surface area (TPSA) is 108 Å². The van der Waals surface area contributed by atoms with Crippen molar-refractivity contribution in [1.29, 1.82) is 0 Å². The van der Waals surface area contributed by atoms with Crippen molar-refractivity contribution in [3.63, 3.8) is 0 Å². The number of fused-ring (bicyclic) bond motifs is 1. The van der Waals surface area contributed by atoms with Crippen molar-refractivity contribution >= 4 is 27.0 Å². The molecule has 3 aromatic carbocycles. The molecule has 0 atom stereocenters. The number of para-hydroxylation sites is 2. The summed E-state index contributed by atoms with van der Waals surface area (Å²) in [4.78, 5) is 4.65. The Labute approximate surface area is 220 Å². The lowest BCUT2D eigenvalue weighted by Gasteiger charge is -2.23. The number of aromatic nitrogens is 2. The van der Waals surface area contributed by atoms with Crippen molar-refractivity contribution in [3.05, 3.63) is 84.1 Å². The lowest BCUT2D eigenvalue weighted by Crippen LogP contribution is -2.34. The van der Waals surface area contributed by atoms with E-state index in [0.29, 0.717) is 34.9 Å². The van der Waals surface area contributed by atoms with E-state index in [1.54, 1.807) is 45.2 Å². The van der Waals surface area contributed by atoms with Gasteiger partial charge in [-0.1, -0.05) is 47.6 Å². The number of hydrogen-bond donors (Lipinski definition) is 0. The molecule has 2 aromatic heterocycles. The number of benzene rings is 3. The number of aryl methyl sites for hydroxylation is 1. The van der Waals surface area contributed by atoms with E-state index in [-0.39, 0.29) is 24.1 Å². The SMILES string of the molecule is COCCOCN(c1onc(C)c1C)S(=O)(=O)c1ccccc1-c1ccc(-c2nc3ccccc3o2)cc1. The van der Waals surface area contributed by atoms with E-state index in [2.05, 4.69) is 10.1 Å². The Balaban J connectivity index is 1.51. The van der Waals surface area contributed by atoms with Gasteiger partial charge in [0.15, 0.2) is 5.58 Å². The number of oxazole rings is 1. The van der Waals surface area contributed by atoms with E-state index in [9.17, 15) is 8.42 Å². The molecule has 0 spiro atoms. The van der Waals surface area contributed by atoms with Gasteiger partial charge in [0.1, 0.15) is 12.2 Å². The average molecular weight is 534 g/mol. The van der Waals surface area contributed by atoms with Crippen LogP contribution in [0.4, 0.5) is 5.88 Å². The summed E-state index contributed by atoms with van der Waals surface area (Å²) in [5.74, 6) is 0.607. The number of anilines is 1. The van der Waals surface area contributed by atoms with Gasteiger partial charge in [0.05, 0.1) is 23.8 Å². The predicted octanol–water partition coefficient (Wildman–Crippen LogP) is 5.58. The summed E-state index contributed by atoms with van der Waals surface area (Å²) >= 11 is 0. The van der Waals surface area contributed by atoms with Gasteiger partial charge in [0, 0.05) is 23.8 Å². The summed E-state index contributed by atoms with van der Waals surface area (Å²) in [6, 6.07) is 21.8. The first-order valence-electron chi connectivity index (χ1n) is 12.0. The third kappa shape index (κ3) is 4.93. The van der Waals surface area contributed by atoms with Gasteiger partial charge < -0.3 is 18.4 Å². The lowest BCUT2D eigenvalue weighted by molar-refractivity contribution is 0.0744. The minimum absolute atomic E-state index is 0.110. The zero-order chi connectivity index (χ0) is 26.7. The number of sulfonamides is 1. The largest absolute Gasteiger partial charge is 0.436 e. The van der Waals surface area contributed by atoms with Crippen molar-refractivity contribution in [2.24, 2.45) is 0 Å². The predicted molar refractivity (Wildman–Crippen MR) is 143 cm³/mol. The molecule has 5 aromatic rings. The number of hydrogen-bond acceptors (Lipinski definition) is 8. The fraction of sp³-hybridized carbons (Fsp3) is 0.214. The Morgan fingerprint density at radius 1 is 0.895 bits per heavy atom. The number of nitrogens with zero attached hydrogens (tertiary/aromatic N) is 3. The highest BCUT2D eigenvalue weighted by molar-refractivity contribution is 7.93. The van der Waals surface area contributed by atoms with E-state index in [4.69, 9.17) is 18.4 Å². The van der Waals surface area contributed by atoms with Crippen LogP contribution in [0.15, 0.2) is 86.6 Å². The third-order valence-corrected chi connectivity index (χ3v) is 7.95. The summed E-state index contributed by atoms with van der Waals surface area (Å²) in [7, 11) is -2.56. The lowest BCUT2D eigenvalue weighted by atomic mass is 10.0. The minimum Gasteiger partial charge on any atom is -0.436 e. The molecule has 0 aliphatic rings. The Morgan fingerprint density at radius 2 is 1.61 bits per heavy atom. The first-order chi connectivity index (χ1) is 18.4. The third-order valence-electron chi connectivity index (χ3n) is 6.19. The zero-order valence-electron chi connectivity index (χ0n) is 21.2. The molecular weight excluding hydrogens is 506 g/mol. The molecule has 0 radical (unpaired) electrons. The second-order valence-corrected chi connectivity index (χ2v) is 10.5. The van der Waals surface area contributed by atoms with Crippen LogP contribution < -0.4 is 4.31 Å². The van der Waals surface area contributed by atoms with Crippen LogP contribution in [0.25, 0.3) is 33.7 Å². The van der Waals surface area contributed by atoms with Gasteiger partial charge in [-0.3, -0.25) is 0 Å². The molecule has 0 fully saturated rings. The molecule has 0 amide bonds. The van der Waals surface area contributed by atoms with Crippen LogP contribution in [0, 0.1) is 13.8 Å². The maximum Gasteiger partial charge on any atom is 0.269 e. The Hall–Kier alpha value is -3.99. The normalized spacial score (nSPS) is 11.8. The fourth-order valence-electron chi connectivity index (χ4n) is 4.00. The molecule has 0 aliphatic carbocycles. The molecule has 0 saturated heterocycles. The smallest absolute Gasteiger partial charge is 0.269 e. The van der Waals surface area contributed by atoms with Gasteiger partial charge in [-0.25, -0.2) is 17.7 Å². The van der Waals surface area contributed by atoms with E-state index >= 15 is 0 Å². The van der Waals surface area contributed by atoms with Gasteiger partial charge in [0.2, 0.25) is 11.8 Å². The molecule has 2 heterocycles. The molecule has 9 nitrogen and oxygen atoms in total. The summed E-state index contributed by atoms with van der Waals surface area (Å²) < 4.78 is 51.1. The minimum atomic E-state index is -4.11. The van der Waals surface area contributed by atoms with Gasteiger partial charge in [-0.2, -0.15) is 0 Å². The van der Waals surface area contributed by atoms with Gasteiger partial charge >= 0.3 is 0 Å². The quantitative estimate of drug-likeness (QED) is 0.169. The van der Waals surface area contributed by atoms with Crippen LogP contribution in [0.1, 0.15) is 11.3 Å². The maximum absolute atomic E-state index is 14.0. The van der Waals surface area contributed by atoms with Crippen LogP contribution >= 0.6 is 0 Å². The molecule has 0 aliphatic heterocycles. The zero-order valence-corrected chi connectivity index (χ0v) is 22.1. The average Bonchev–Trinajstić information content (AvgIpc) is 3.52. The van der Waals surface area contributed by atoms with Crippen LogP contribution in [0.2, 0.25) is 0 Å². The number of methoxy groups -OCH3 is 1. The van der Waals surface area contributed by atoms with Crippen LogP contribution in [0.5, 0.6) is 0 Å². The first-order valence-corrected chi connectivity index (χ1v) is 13.4. The second-order valence-electron chi connectivity index (χ2n) is 8.64. The molecule has 196 valence electrons. The van der Waals surface area contributed by atoms with E-state index in [1.807, 2.05) is 48.5 Å². The van der Waals surface area contributed by atoms with Gasteiger partial charge in [0.25, 0.3) is 10.0 Å². The van der Waals surface area contributed by atoms with Crippen molar-refractivity contribution in [2.75, 3.05) is 31.4 Å². The Kier molecular flexibility index (Phi) is 7.28. The van der Waals surface area contributed by atoms with E-state index in [0.717, 1.165) is 20.9 Å². The van der Waals surface area contributed by atoms with Crippen LogP contribution in [0.3, 0.4) is 0 Å². The highest BCUT2D eigenvalue weighted by atomic mass is 32.2. The van der Waals surface area contributed by atoms with Crippen LogP contribution in [-0.2, 0) is 19.5 Å². The standard InChI is InChI=1S/C28H27N3O6S/c1-19-20(2)30-37-28(19)31(18-35-17-16-34-3)38(32,33)26-11-7-4-8-23(26)21-12-14-22(15-13-21)27-29-24-9-5-6-10-25(24)36-27/h4-15H,16-18H2,1-3H3. The first kappa shape index (κ1) is 25.7. The van der Waals surface area contributed by atoms with Crippen molar-refractivity contribution in [3.8, 4) is 22.6 Å². The monoisotopic (exact) mass is 533 g/mol. The fourth-order valence-corrected chi connectivity index (χ4v) is 5.55. The number of ether oxygens (including phenoxy) is 2. The molecule has 38 heavy (non-hydrogen) atoms. The highest BCUT2D eigenvalue weighted by Crippen LogP contribution is 2.35. The van der Waals surface area contributed by atoms with Crippen molar-refractivity contribution in [1.82, 2.24) is 10.1 Å². The number of rotatable bonds is 10. The molecule has 0 saturated carbocycles. The molecule has 10 heteroatoms. The highest BCUT2D eigenvalue weighted by Gasteiger charge is 2.32. The summed E-state index contributed by atoms with van der Waals surface area (Å²) in [5.41, 5.74) is 4.72. The molecular formula is C28H27N3O6S. The summed E-state index contributed by atoms with van der Waals surface area (Å²) in [6.07, 6.45) is 0. The van der Waals surface area contributed by atoms with Crippen molar-refractivity contribution < 1.29 is 26.8 Å². The van der Waals surface area contributed by atoms with Crippen molar-refractivity contribution in [2.45, 2.75) is 18.7 Å². The van der Waals surface area contributed by atoms with Crippen LogP contribution in [-0.4, -0.2) is 45.6 Å². The van der Waals surface area contributed by atoms with E-state index in [1.165, 1.54) is 0 Å². The Bertz CT molecular complexity index is 1620.